The molecule has 0 saturated carbocycles. The summed E-state index contributed by atoms with van der Waals surface area (Å²) >= 11 is 0. The summed E-state index contributed by atoms with van der Waals surface area (Å²) in [4.78, 5) is 12.7. The molecule has 0 aromatic carbocycles. The molecule has 0 unspecified atom stereocenters. The Morgan fingerprint density at radius 1 is 1.64 bits per heavy atom. The van der Waals surface area contributed by atoms with Gasteiger partial charge in [-0.25, -0.2) is 0 Å². The molecule has 1 fully saturated rings. The molecule has 64 valence electrons. The third kappa shape index (κ3) is 2.50. The Bertz CT molecular complexity index is 165. The summed E-state index contributed by atoms with van der Waals surface area (Å²) in [7, 11) is 0. The van der Waals surface area contributed by atoms with Crippen LogP contribution in [0.25, 0.3) is 0 Å². The molecule has 0 radical (unpaired) electrons. The fraction of sp³-hybridized carbons (Fsp3) is 0.875. The summed E-state index contributed by atoms with van der Waals surface area (Å²) in [6.45, 7) is 6.86. The molecule has 3 nitrogen and oxygen atoms in total. The van der Waals surface area contributed by atoms with E-state index in [-0.39, 0.29) is 5.91 Å². The van der Waals surface area contributed by atoms with Crippen molar-refractivity contribution in [2.24, 2.45) is 11.1 Å². The van der Waals surface area contributed by atoms with E-state index in [0.717, 1.165) is 13.1 Å². The summed E-state index contributed by atoms with van der Waals surface area (Å²) in [6, 6.07) is 0. The van der Waals surface area contributed by atoms with E-state index in [1.165, 1.54) is 6.42 Å². The van der Waals surface area contributed by atoms with E-state index >= 15 is 0 Å². The van der Waals surface area contributed by atoms with Crippen molar-refractivity contribution in [1.29, 1.82) is 0 Å². The highest BCUT2D eigenvalue weighted by molar-refractivity contribution is 5.75. The summed E-state index contributed by atoms with van der Waals surface area (Å²) < 4.78 is 0. The van der Waals surface area contributed by atoms with Gasteiger partial charge in [0.1, 0.15) is 0 Å². The van der Waals surface area contributed by atoms with Gasteiger partial charge in [0.15, 0.2) is 0 Å². The van der Waals surface area contributed by atoms with Crippen molar-refractivity contribution < 1.29 is 4.79 Å². The third-order valence-electron chi connectivity index (χ3n) is 2.14. The number of primary amides is 1. The van der Waals surface area contributed by atoms with Crippen molar-refractivity contribution in [3.63, 3.8) is 0 Å². The van der Waals surface area contributed by atoms with Gasteiger partial charge in [-0.1, -0.05) is 13.8 Å². The standard InChI is InChI=1S/C8H16N2O/c1-8(2)3-4-10(6-8)5-7(9)11/h3-6H2,1-2H3,(H2,9,11). The topological polar surface area (TPSA) is 46.3 Å². The van der Waals surface area contributed by atoms with Crippen LogP contribution in [-0.4, -0.2) is 30.4 Å². The number of rotatable bonds is 2. The predicted octanol–water partition coefficient (Wildman–Crippen LogP) is 0.204. The summed E-state index contributed by atoms with van der Waals surface area (Å²) in [6.07, 6.45) is 1.17. The van der Waals surface area contributed by atoms with Gasteiger partial charge in [-0.15, -0.1) is 0 Å². The van der Waals surface area contributed by atoms with E-state index in [0.29, 0.717) is 12.0 Å². The maximum Gasteiger partial charge on any atom is 0.231 e. The van der Waals surface area contributed by atoms with Gasteiger partial charge in [-0.2, -0.15) is 0 Å². The number of hydrogen-bond donors (Lipinski definition) is 1. The van der Waals surface area contributed by atoms with Crippen LogP contribution >= 0.6 is 0 Å². The lowest BCUT2D eigenvalue weighted by molar-refractivity contribution is -0.118. The molecule has 0 bridgehead atoms. The molecule has 2 N–H and O–H groups in total. The number of amides is 1. The lowest BCUT2D eigenvalue weighted by Gasteiger charge is -2.17. The van der Waals surface area contributed by atoms with E-state index in [2.05, 4.69) is 18.7 Å². The Morgan fingerprint density at radius 3 is 2.64 bits per heavy atom. The smallest absolute Gasteiger partial charge is 0.231 e. The summed E-state index contributed by atoms with van der Waals surface area (Å²) in [5, 5.41) is 0. The first-order valence-electron chi connectivity index (χ1n) is 4.00. The van der Waals surface area contributed by atoms with Crippen LogP contribution in [0, 0.1) is 5.41 Å². The molecule has 1 aliphatic heterocycles. The molecule has 0 aromatic rings. The van der Waals surface area contributed by atoms with E-state index in [4.69, 9.17) is 5.73 Å². The van der Waals surface area contributed by atoms with Crippen LogP contribution < -0.4 is 5.73 Å². The molecule has 11 heavy (non-hydrogen) atoms. The van der Waals surface area contributed by atoms with Crippen LogP contribution in [0.1, 0.15) is 20.3 Å². The van der Waals surface area contributed by atoms with Crippen LogP contribution in [0.4, 0.5) is 0 Å². The number of carbonyl (C=O) groups is 1. The minimum Gasteiger partial charge on any atom is -0.369 e. The van der Waals surface area contributed by atoms with Crippen molar-refractivity contribution in [2.45, 2.75) is 20.3 Å². The van der Waals surface area contributed by atoms with Gasteiger partial charge < -0.3 is 5.73 Å². The molecule has 3 heteroatoms. The van der Waals surface area contributed by atoms with E-state index in [1.807, 2.05) is 0 Å². The number of hydrogen-bond acceptors (Lipinski definition) is 2. The fourth-order valence-corrected chi connectivity index (χ4v) is 1.58. The highest BCUT2D eigenvalue weighted by Crippen LogP contribution is 2.28. The molecule has 0 aliphatic carbocycles. The normalized spacial score (nSPS) is 23.8. The molecule has 1 aliphatic rings. The van der Waals surface area contributed by atoms with Crippen molar-refractivity contribution in [2.75, 3.05) is 19.6 Å². The maximum absolute atomic E-state index is 10.5. The minimum atomic E-state index is -0.220. The van der Waals surface area contributed by atoms with Crippen molar-refractivity contribution in [1.82, 2.24) is 4.90 Å². The third-order valence-corrected chi connectivity index (χ3v) is 2.14. The lowest BCUT2D eigenvalue weighted by Crippen LogP contribution is -2.32. The van der Waals surface area contributed by atoms with Crippen LogP contribution in [0.3, 0.4) is 0 Å². The first kappa shape index (κ1) is 8.53. The Balaban J connectivity index is 2.36. The average Bonchev–Trinajstić information content (AvgIpc) is 2.08. The molecule has 0 aromatic heterocycles. The van der Waals surface area contributed by atoms with Gasteiger partial charge in [0, 0.05) is 6.54 Å². The summed E-state index contributed by atoms with van der Waals surface area (Å²) in [5.41, 5.74) is 5.45. The second-order valence-corrected chi connectivity index (χ2v) is 4.09. The van der Waals surface area contributed by atoms with Gasteiger partial charge in [-0.05, 0) is 18.4 Å². The van der Waals surface area contributed by atoms with Crippen molar-refractivity contribution in [3.8, 4) is 0 Å². The number of nitrogens with two attached hydrogens (primary N) is 1. The molecule has 1 rings (SSSR count). The van der Waals surface area contributed by atoms with Gasteiger partial charge >= 0.3 is 0 Å². The Hall–Kier alpha value is -0.570. The Morgan fingerprint density at radius 2 is 2.27 bits per heavy atom. The van der Waals surface area contributed by atoms with Gasteiger partial charge in [0.2, 0.25) is 5.91 Å². The second-order valence-electron chi connectivity index (χ2n) is 4.09. The molecular formula is C8H16N2O. The number of likely N-dealkylation sites (tertiary alicyclic amines) is 1. The van der Waals surface area contributed by atoms with Crippen LogP contribution in [0.15, 0.2) is 0 Å². The quantitative estimate of drug-likeness (QED) is 0.621. The van der Waals surface area contributed by atoms with E-state index < -0.39 is 0 Å². The highest BCUT2D eigenvalue weighted by atomic mass is 16.1. The molecule has 0 spiro atoms. The first-order valence-corrected chi connectivity index (χ1v) is 4.00. The molecule has 1 amide bonds. The molecule has 0 atom stereocenters. The first-order chi connectivity index (χ1) is 4.99. The zero-order valence-corrected chi connectivity index (χ0v) is 7.26. The second kappa shape index (κ2) is 2.81. The largest absolute Gasteiger partial charge is 0.369 e. The molecule has 1 saturated heterocycles. The van der Waals surface area contributed by atoms with Gasteiger partial charge in [0.25, 0.3) is 0 Å². The monoisotopic (exact) mass is 156 g/mol. The molecular weight excluding hydrogens is 140 g/mol. The van der Waals surface area contributed by atoms with E-state index in [1.54, 1.807) is 0 Å². The zero-order chi connectivity index (χ0) is 8.48. The average molecular weight is 156 g/mol. The number of nitrogens with zero attached hydrogens (tertiary/aromatic N) is 1. The van der Waals surface area contributed by atoms with Crippen LogP contribution in [0.2, 0.25) is 0 Å². The Labute approximate surface area is 67.5 Å². The minimum absolute atomic E-state index is 0.220. The SMILES string of the molecule is CC1(C)CCN(CC(N)=O)C1. The molecule has 1 heterocycles. The van der Waals surface area contributed by atoms with Crippen LogP contribution in [0.5, 0.6) is 0 Å². The van der Waals surface area contributed by atoms with Crippen LogP contribution in [-0.2, 0) is 4.79 Å². The predicted molar refractivity (Wildman–Crippen MR) is 44.0 cm³/mol. The maximum atomic E-state index is 10.5. The van der Waals surface area contributed by atoms with Gasteiger partial charge in [0.05, 0.1) is 6.54 Å². The van der Waals surface area contributed by atoms with Gasteiger partial charge in [-0.3, -0.25) is 9.69 Å². The van der Waals surface area contributed by atoms with Crippen molar-refractivity contribution in [3.05, 3.63) is 0 Å². The lowest BCUT2D eigenvalue weighted by atomic mass is 9.93. The Kier molecular flexibility index (Phi) is 2.18. The number of carbonyl (C=O) groups excluding carboxylic acids is 1. The van der Waals surface area contributed by atoms with Crippen molar-refractivity contribution >= 4 is 5.91 Å². The highest BCUT2D eigenvalue weighted by Gasteiger charge is 2.29. The zero-order valence-electron chi connectivity index (χ0n) is 7.26. The van der Waals surface area contributed by atoms with E-state index in [9.17, 15) is 4.79 Å². The summed E-state index contributed by atoms with van der Waals surface area (Å²) in [5.74, 6) is -0.220. The fourth-order valence-electron chi connectivity index (χ4n) is 1.58.